The summed E-state index contributed by atoms with van der Waals surface area (Å²) in [5, 5.41) is 0. The molecule has 0 aliphatic carbocycles. The van der Waals surface area contributed by atoms with Gasteiger partial charge in [0.2, 0.25) is 0 Å². The van der Waals surface area contributed by atoms with Crippen LogP contribution in [-0.2, 0) is 7.05 Å². The van der Waals surface area contributed by atoms with Crippen LogP contribution in [0, 0.1) is 6.92 Å². The van der Waals surface area contributed by atoms with Crippen LogP contribution in [0.2, 0.25) is 0 Å². The molecule has 1 aromatic heterocycles. The van der Waals surface area contributed by atoms with Crippen LogP contribution in [0.25, 0.3) is 45.5 Å². The van der Waals surface area contributed by atoms with E-state index < -0.39 is 0 Å². The third kappa shape index (κ3) is 5.76. The van der Waals surface area contributed by atoms with Crippen molar-refractivity contribution in [2.24, 2.45) is 7.05 Å². The summed E-state index contributed by atoms with van der Waals surface area (Å²) in [7, 11) is 6.30. The van der Waals surface area contributed by atoms with E-state index in [4.69, 9.17) is 0 Å². The Bertz CT molecular complexity index is 1490. The maximum Gasteiger partial charge on any atom is 0.0475 e. The number of nitrogens with zero attached hydrogens (tertiary/aromatic N) is 2. The Morgan fingerprint density at radius 3 is 1.92 bits per heavy atom. The number of anilines is 1. The van der Waals surface area contributed by atoms with Crippen molar-refractivity contribution in [3.8, 4) is 33.4 Å². The molecule has 2 heteroatoms. The Labute approximate surface area is 222 Å². The minimum Gasteiger partial charge on any atom is -0.377 e. The lowest BCUT2D eigenvalue weighted by molar-refractivity contribution is 0.851. The molecule has 37 heavy (non-hydrogen) atoms. The molecular formula is C35H36N2. The van der Waals surface area contributed by atoms with Gasteiger partial charge in [0, 0.05) is 43.8 Å². The molecule has 0 aliphatic rings. The summed E-state index contributed by atoms with van der Waals surface area (Å²) in [6.07, 6.45) is 6.11. The molecule has 0 aliphatic heterocycles. The van der Waals surface area contributed by atoms with E-state index >= 15 is 0 Å². The summed E-state index contributed by atoms with van der Waals surface area (Å²) < 4.78 is 2.22. The van der Waals surface area contributed by atoms with E-state index in [0.717, 1.165) is 17.0 Å². The van der Waals surface area contributed by atoms with Crippen molar-refractivity contribution in [3.63, 3.8) is 0 Å². The molecule has 0 unspecified atom stereocenters. The summed E-state index contributed by atoms with van der Waals surface area (Å²) in [4.78, 5) is 2.18. The average Bonchev–Trinajstić information content (AvgIpc) is 2.98. The highest BCUT2D eigenvalue weighted by molar-refractivity contribution is 5.84. The van der Waals surface area contributed by atoms with Gasteiger partial charge in [-0.15, -0.1) is 0 Å². The number of aryl methyl sites for hydroxylation is 1. The third-order valence-corrected chi connectivity index (χ3v) is 6.74. The van der Waals surface area contributed by atoms with Gasteiger partial charge in [-0.3, -0.25) is 0 Å². The standard InChI is InChI=1S/C35H36N2/c1-7-14-34-27(8-2)17-12-18-29(23-26(3)37(34)6)30-19-13-20-31(24-30)32-21-22-35(36(4)5)33(25-32)28-15-10-9-11-16-28/h7-25H,2H2,1,3-6H3/b14-7-,17-12?,26-23?,29-18?,34-27?. The molecule has 0 fully saturated rings. The second kappa shape index (κ2) is 11.6. The fourth-order valence-corrected chi connectivity index (χ4v) is 4.65. The molecule has 0 N–H and O–H groups in total. The van der Waals surface area contributed by atoms with Gasteiger partial charge < -0.3 is 9.47 Å². The second-order valence-electron chi connectivity index (χ2n) is 9.44. The summed E-state index contributed by atoms with van der Waals surface area (Å²) >= 11 is 0. The lowest BCUT2D eigenvalue weighted by atomic mass is 9.95. The van der Waals surface area contributed by atoms with E-state index in [1.807, 2.05) is 13.0 Å². The minimum absolute atomic E-state index is 1.09. The van der Waals surface area contributed by atoms with Gasteiger partial charge in [-0.05, 0) is 77.6 Å². The van der Waals surface area contributed by atoms with Crippen LogP contribution in [0.4, 0.5) is 5.69 Å². The lowest BCUT2D eigenvalue weighted by Crippen LogP contribution is -2.10. The largest absolute Gasteiger partial charge is 0.377 e. The predicted molar refractivity (Wildman–Crippen MR) is 163 cm³/mol. The summed E-state index contributed by atoms with van der Waals surface area (Å²) in [6.45, 7) is 8.23. The Hall–Kier alpha value is -4.30. The highest BCUT2D eigenvalue weighted by Gasteiger charge is 2.10. The van der Waals surface area contributed by atoms with Crippen LogP contribution in [0.3, 0.4) is 0 Å². The van der Waals surface area contributed by atoms with Crippen LogP contribution in [0.5, 0.6) is 0 Å². The normalized spacial score (nSPS) is 10.8. The Morgan fingerprint density at radius 2 is 1.30 bits per heavy atom. The SMILES string of the molecule is C=Cc1cccc(-c2cccc(-c3ccc(N(C)C)c(-c4ccccc4)c3)c2)cc(C)n(C)c1/C=C\C. The molecule has 3 aromatic carbocycles. The van der Waals surface area contributed by atoms with Crippen molar-refractivity contribution in [3.05, 3.63) is 127 Å². The van der Waals surface area contributed by atoms with Crippen LogP contribution < -0.4 is 4.90 Å². The van der Waals surface area contributed by atoms with E-state index in [1.54, 1.807) is 0 Å². The van der Waals surface area contributed by atoms with Gasteiger partial charge >= 0.3 is 0 Å². The van der Waals surface area contributed by atoms with Crippen molar-refractivity contribution < 1.29 is 0 Å². The number of allylic oxidation sites excluding steroid dienone is 1. The smallest absolute Gasteiger partial charge is 0.0475 e. The fraction of sp³-hybridized carbons (Fsp3) is 0.143. The zero-order valence-electron chi connectivity index (χ0n) is 22.6. The van der Waals surface area contributed by atoms with E-state index in [-0.39, 0.29) is 0 Å². The molecule has 0 radical (unpaired) electrons. The van der Waals surface area contributed by atoms with Gasteiger partial charge in [0.1, 0.15) is 0 Å². The minimum atomic E-state index is 1.09. The van der Waals surface area contributed by atoms with E-state index in [2.05, 4.69) is 153 Å². The van der Waals surface area contributed by atoms with Crippen LogP contribution >= 0.6 is 0 Å². The highest BCUT2D eigenvalue weighted by Crippen LogP contribution is 2.35. The van der Waals surface area contributed by atoms with Gasteiger partial charge in [-0.25, -0.2) is 0 Å². The molecule has 1 heterocycles. The average molecular weight is 485 g/mol. The number of hydrogen-bond acceptors (Lipinski definition) is 1. The molecule has 0 atom stereocenters. The molecular weight excluding hydrogens is 448 g/mol. The number of rotatable bonds is 6. The number of benzene rings is 3. The molecule has 4 aromatic rings. The van der Waals surface area contributed by atoms with Crippen molar-refractivity contribution in [1.29, 1.82) is 0 Å². The second-order valence-corrected chi connectivity index (χ2v) is 9.44. The fourth-order valence-electron chi connectivity index (χ4n) is 4.65. The van der Waals surface area contributed by atoms with E-state index in [0.29, 0.717) is 0 Å². The third-order valence-electron chi connectivity index (χ3n) is 6.74. The number of hydrogen-bond donors (Lipinski definition) is 0. The molecule has 0 amide bonds. The molecule has 0 saturated carbocycles. The predicted octanol–water partition coefficient (Wildman–Crippen LogP) is 9.20. The van der Waals surface area contributed by atoms with Gasteiger partial charge in [0.25, 0.3) is 0 Å². The van der Waals surface area contributed by atoms with Gasteiger partial charge in [0.15, 0.2) is 0 Å². The van der Waals surface area contributed by atoms with Gasteiger partial charge in [-0.2, -0.15) is 0 Å². The van der Waals surface area contributed by atoms with E-state index in [1.165, 1.54) is 39.1 Å². The molecule has 0 bridgehead atoms. The Kier molecular flexibility index (Phi) is 8.10. The lowest BCUT2D eigenvalue weighted by Gasteiger charge is -2.19. The first-order valence-electron chi connectivity index (χ1n) is 12.7. The van der Waals surface area contributed by atoms with Crippen LogP contribution in [0.15, 0.2) is 110 Å². The van der Waals surface area contributed by atoms with Gasteiger partial charge in [0.05, 0.1) is 0 Å². The zero-order chi connectivity index (χ0) is 26.4. The quantitative estimate of drug-likeness (QED) is 0.265. The molecule has 186 valence electrons. The van der Waals surface area contributed by atoms with Crippen LogP contribution in [0.1, 0.15) is 23.9 Å². The summed E-state index contributed by atoms with van der Waals surface area (Å²) in [6, 6.07) is 34.8. The number of aromatic nitrogens is 1. The maximum absolute atomic E-state index is 4.03. The van der Waals surface area contributed by atoms with Crippen molar-refractivity contribution in [2.45, 2.75) is 13.8 Å². The highest BCUT2D eigenvalue weighted by atomic mass is 15.1. The van der Waals surface area contributed by atoms with E-state index in [9.17, 15) is 0 Å². The van der Waals surface area contributed by atoms with Gasteiger partial charge in [-0.1, -0.05) is 91.5 Å². The van der Waals surface area contributed by atoms with Crippen molar-refractivity contribution >= 4 is 17.8 Å². The summed E-state index contributed by atoms with van der Waals surface area (Å²) in [5.41, 5.74) is 11.8. The monoisotopic (exact) mass is 484 g/mol. The molecule has 2 nitrogen and oxygen atoms in total. The Balaban J connectivity index is 1.86. The summed E-state index contributed by atoms with van der Waals surface area (Å²) in [5.74, 6) is 0. The van der Waals surface area contributed by atoms with Crippen molar-refractivity contribution in [1.82, 2.24) is 4.57 Å². The topological polar surface area (TPSA) is 8.17 Å². The zero-order valence-corrected chi connectivity index (χ0v) is 22.6. The van der Waals surface area contributed by atoms with Crippen LogP contribution in [-0.4, -0.2) is 18.7 Å². The molecule has 0 saturated heterocycles. The first-order chi connectivity index (χ1) is 17.9. The molecule has 4 rings (SSSR count). The molecule has 0 spiro atoms. The first kappa shape index (κ1) is 25.8. The maximum atomic E-state index is 4.03. The Morgan fingerprint density at radius 1 is 0.703 bits per heavy atom. The van der Waals surface area contributed by atoms with Crippen molar-refractivity contribution in [2.75, 3.05) is 19.0 Å². The first-order valence-corrected chi connectivity index (χ1v) is 12.7.